The Morgan fingerprint density at radius 1 is 0.952 bits per heavy atom. The highest BCUT2D eigenvalue weighted by atomic mass is 16.5. The minimum Gasteiger partial charge on any atom is -0.465 e. The Balaban J connectivity index is 0.000000694. The summed E-state index contributed by atoms with van der Waals surface area (Å²) in [5.41, 5.74) is -0.154. The van der Waals surface area contributed by atoms with E-state index in [0.29, 0.717) is 37.9 Å². The minimum atomic E-state index is -0.541. The average Bonchev–Trinajstić information content (AvgIpc) is 3.31. The van der Waals surface area contributed by atoms with E-state index in [9.17, 15) is 19.2 Å². The van der Waals surface area contributed by atoms with Gasteiger partial charge in [0.05, 0.1) is 18.6 Å². The summed E-state index contributed by atoms with van der Waals surface area (Å²) < 4.78 is 10.0. The molecule has 2 amide bonds. The summed E-state index contributed by atoms with van der Waals surface area (Å²) in [6.45, 7) is 19.1. The number of nitrogens with zero attached hydrogens (tertiary/aromatic N) is 2. The number of hydrogen-bond acceptors (Lipinski definition) is 7. The molecule has 2 aliphatic heterocycles. The predicted molar refractivity (Wildman–Crippen MR) is 166 cm³/mol. The Labute approximate surface area is 254 Å². The molecule has 0 aromatic rings. The van der Waals surface area contributed by atoms with Crippen molar-refractivity contribution in [2.45, 2.75) is 124 Å². The third kappa shape index (κ3) is 16.7. The van der Waals surface area contributed by atoms with Crippen molar-refractivity contribution in [3.05, 3.63) is 24.9 Å². The van der Waals surface area contributed by atoms with Crippen molar-refractivity contribution < 1.29 is 33.8 Å². The number of rotatable bonds is 13. The molecule has 0 saturated carbocycles. The number of likely N-dealkylation sites (tertiary alicyclic amines) is 2. The second kappa shape index (κ2) is 22.9. The zero-order valence-electron chi connectivity index (χ0n) is 27.1. The first-order valence-corrected chi connectivity index (χ1v) is 15.8. The van der Waals surface area contributed by atoms with Crippen molar-refractivity contribution in [3.63, 3.8) is 0 Å². The van der Waals surface area contributed by atoms with E-state index in [1.165, 1.54) is 6.42 Å². The zero-order chi connectivity index (χ0) is 32.0. The summed E-state index contributed by atoms with van der Waals surface area (Å²) in [7, 11) is 0. The lowest BCUT2D eigenvalue weighted by Crippen LogP contribution is -2.44. The van der Waals surface area contributed by atoms with E-state index in [4.69, 9.17) is 9.84 Å². The van der Waals surface area contributed by atoms with Gasteiger partial charge in [-0.25, -0.2) is 4.79 Å². The first kappa shape index (κ1) is 39.3. The lowest BCUT2D eigenvalue weighted by Gasteiger charge is -2.35. The van der Waals surface area contributed by atoms with Crippen molar-refractivity contribution in [1.82, 2.24) is 9.80 Å². The molecule has 242 valence electrons. The highest BCUT2D eigenvalue weighted by Gasteiger charge is 2.35. The molecule has 9 nitrogen and oxygen atoms in total. The second-order valence-electron chi connectivity index (χ2n) is 11.6. The molecule has 0 radical (unpaired) electrons. The van der Waals surface area contributed by atoms with Gasteiger partial charge >= 0.3 is 11.9 Å². The molecule has 0 aromatic heterocycles. The molecule has 0 aromatic carbocycles. The number of esters is 2. The number of hydrogen-bond donors (Lipinski definition) is 1. The van der Waals surface area contributed by atoms with Gasteiger partial charge in [0.1, 0.15) is 0 Å². The fourth-order valence-corrected chi connectivity index (χ4v) is 4.59. The number of aliphatic hydroxyl groups excluding tert-OH is 1. The fraction of sp³-hybridized carbons (Fsp3) is 0.758. The van der Waals surface area contributed by atoms with Crippen LogP contribution in [0.4, 0.5) is 0 Å². The van der Waals surface area contributed by atoms with Crippen LogP contribution < -0.4 is 0 Å². The second-order valence-corrected chi connectivity index (χ2v) is 11.6. The first-order chi connectivity index (χ1) is 19.9. The summed E-state index contributed by atoms with van der Waals surface area (Å²) in [6, 6.07) is 0.138. The van der Waals surface area contributed by atoms with Gasteiger partial charge in [-0.3, -0.25) is 14.4 Å². The SMILES string of the molecule is C=C(C)C(=O)OCCCO.C=CN1CCCCCC1=O.CCCCOC(=O)C(C)(C)CC(CC)N1CCCCCC1=O. The molecule has 0 bridgehead atoms. The summed E-state index contributed by atoms with van der Waals surface area (Å²) >= 11 is 0. The number of carbonyl (C=O) groups excluding carboxylic acids is 4. The van der Waals surface area contributed by atoms with E-state index < -0.39 is 11.4 Å². The summed E-state index contributed by atoms with van der Waals surface area (Å²) in [5.74, 6) is -0.0536. The normalized spacial score (nSPS) is 16.4. The Hall–Kier alpha value is -2.68. The maximum atomic E-state index is 12.3. The zero-order valence-corrected chi connectivity index (χ0v) is 27.1. The maximum Gasteiger partial charge on any atom is 0.333 e. The van der Waals surface area contributed by atoms with Crippen LogP contribution in [0.3, 0.4) is 0 Å². The van der Waals surface area contributed by atoms with Crippen molar-refractivity contribution in [2.24, 2.45) is 5.41 Å². The molecule has 0 aliphatic carbocycles. The van der Waals surface area contributed by atoms with Gasteiger partial charge in [0.25, 0.3) is 0 Å². The van der Waals surface area contributed by atoms with Crippen LogP contribution in [0, 0.1) is 5.41 Å². The highest BCUT2D eigenvalue weighted by molar-refractivity contribution is 5.86. The monoisotopic (exact) mass is 594 g/mol. The number of aliphatic hydroxyl groups is 1. The largest absolute Gasteiger partial charge is 0.465 e. The molecule has 1 atom stereocenters. The molecule has 0 spiro atoms. The third-order valence-electron chi connectivity index (χ3n) is 7.27. The summed E-state index contributed by atoms with van der Waals surface area (Å²) in [4.78, 5) is 50.0. The van der Waals surface area contributed by atoms with Gasteiger partial charge in [-0.2, -0.15) is 0 Å². The van der Waals surface area contributed by atoms with Crippen LogP contribution in [0.5, 0.6) is 0 Å². The number of ether oxygens (including phenoxy) is 2. The van der Waals surface area contributed by atoms with Gasteiger partial charge < -0.3 is 24.4 Å². The summed E-state index contributed by atoms with van der Waals surface area (Å²) in [6.07, 6.45) is 13.5. The van der Waals surface area contributed by atoms with Crippen LogP contribution in [0.15, 0.2) is 24.9 Å². The Bertz CT molecular complexity index is 840. The van der Waals surface area contributed by atoms with Gasteiger partial charge in [-0.1, -0.05) is 46.3 Å². The van der Waals surface area contributed by atoms with Crippen LogP contribution in [0.2, 0.25) is 0 Å². The molecule has 2 rings (SSSR count). The highest BCUT2D eigenvalue weighted by Crippen LogP contribution is 2.29. The van der Waals surface area contributed by atoms with Gasteiger partial charge in [0, 0.05) is 50.6 Å². The first-order valence-electron chi connectivity index (χ1n) is 15.8. The number of carbonyl (C=O) groups is 4. The molecule has 2 fully saturated rings. The standard InChI is InChI=1S/C18H33NO3.C8H13NO.C7H12O3/c1-5-7-13-22-17(21)18(3,4)14-15(6-2)19-12-10-8-9-11-16(19)20;1-2-9-7-5-3-4-6-8(9)10;1-6(2)7(9)10-5-3-4-8/h15H,5-14H2,1-4H3;2H,1,3-7H2;8H,1,3-5H2,2H3. The van der Waals surface area contributed by atoms with E-state index in [-0.39, 0.29) is 37.0 Å². The van der Waals surface area contributed by atoms with E-state index in [0.717, 1.165) is 64.5 Å². The molecular weight excluding hydrogens is 536 g/mol. The predicted octanol–water partition coefficient (Wildman–Crippen LogP) is 5.95. The molecule has 9 heteroatoms. The van der Waals surface area contributed by atoms with E-state index in [1.807, 2.05) is 18.7 Å². The maximum absolute atomic E-state index is 12.3. The molecule has 2 saturated heterocycles. The molecule has 2 aliphatic rings. The fourth-order valence-electron chi connectivity index (χ4n) is 4.59. The van der Waals surface area contributed by atoms with Gasteiger partial charge in [0.15, 0.2) is 0 Å². The van der Waals surface area contributed by atoms with Crippen molar-refractivity contribution in [1.29, 1.82) is 0 Å². The van der Waals surface area contributed by atoms with Gasteiger partial charge in [0.2, 0.25) is 11.8 Å². The van der Waals surface area contributed by atoms with Crippen molar-refractivity contribution >= 4 is 23.8 Å². The van der Waals surface area contributed by atoms with Crippen molar-refractivity contribution in [2.75, 3.05) is 32.9 Å². The molecule has 2 heterocycles. The van der Waals surface area contributed by atoms with E-state index >= 15 is 0 Å². The lowest BCUT2D eigenvalue weighted by molar-refractivity contribution is -0.156. The van der Waals surface area contributed by atoms with Gasteiger partial charge in [-0.15, -0.1) is 0 Å². The quantitative estimate of drug-likeness (QED) is 0.159. The lowest BCUT2D eigenvalue weighted by atomic mass is 9.84. The van der Waals surface area contributed by atoms with Crippen LogP contribution in [-0.2, 0) is 28.7 Å². The van der Waals surface area contributed by atoms with Crippen LogP contribution >= 0.6 is 0 Å². The number of amides is 2. The Morgan fingerprint density at radius 3 is 2.10 bits per heavy atom. The average molecular weight is 595 g/mol. The van der Waals surface area contributed by atoms with Gasteiger partial charge in [-0.05, 0) is 71.9 Å². The Morgan fingerprint density at radius 2 is 1.55 bits per heavy atom. The Kier molecular flexibility index (Phi) is 21.4. The smallest absolute Gasteiger partial charge is 0.333 e. The van der Waals surface area contributed by atoms with Crippen LogP contribution in [-0.4, -0.2) is 77.6 Å². The molecule has 42 heavy (non-hydrogen) atoms. The minimum absolute atomic E-state index is 0.0451. The molecule has 1 unspecified atom stereocenters. The van der Waals surface area contributed by atoms with Crippen molar-refractivity contribution in [3.8, 4) is 0 Å². The van der Waals surface area contributed by atoms with E-state index in [2.05, 4.69) is 31.7 Å². The topological polar surface area (TPSA) is 113 Å². The third-order valence-corrected chi connectivity index (χ3v) is 7.27. The van der Waals surface area contributed by atoms with Crippen LogP contribution in [0.1, 0.15) is 118 Å². The molecular formula is C33H58N2O7. The number of unbranched alkanes of at least 4 members (excludes halogenated alkanes) is 1. The van der Waals surface area contributed by atoms with Crippen LogP contribution in [0.25, 0.3) is 0 Å². The summed E-state index contributed by atoms with van der Waals surface area (Å²) in [5, 5.41) is 8.30. The van der Waals surface area contributed by atoms with E-state index in [1.54, 1.807) is 18.0 Å². The molecule has 1 N–H and O–H groups in total.